The van der Waals surface area contributed by atoms with Crippen molar-refractivity contribution in [1.29, 1.82) is 0 Å². The molecule has 28 heavy (non-hydrogen) atoms. The highest BCUT2D eigenvalue weighted by Crippen LogP contribution is 2.46. The number of carbonyl (C=O) groups is 2. The Morgan fingerprint density at radius 1 is 0.929 bits per heavy atom. The Morgan fingerprint density at radius 3 is 2.18 bits per heavy atom. The van der Waals surface area contributed by atoms with E-state index in [-0.39, 0.29) is 43.9 Å². The quantitative estimate of drug-likeness (QED) is 0.690. The van der Waals surface area contributed by atoms with Crippen molar-refractivity contribution in [2.45, 2.75) is 51.3 Å². The van der Waals surface area contributed by atoms with Gasteiger partial charge in [-0.3, -0.25) is 19.4 Å². The zero-order valence-corrected chi connectivity index (χ0v) is 15.9. The molecule has 0 N–H and O–H groups in total. The van der Waals surface area contributed by atoms with Crippen LogP contribution in [0.4, 0.5) is 5.95 Å². The summed E-state index contributed by atoms with van der Waals surface area (Å²) in [7, 11) is 0. The Kier molecular flexibility index (Phi) is 3.62. The maximum atomic E-state index is 13.0. The Bertz CT molecular complexity index is 975. The average Bonchev–Trinajstić information content (AvgIpc) is 3.25. The molecule has 152 valence electrons. The van der Waals surface area contributed by atoms with Crippen LogP contribution in [0, 0.1) is 5.41 Å². The van der Waals surface area contributed by atoms with E-state index in [1.165, 1.54) is 0 Å². The highest BCUT2D eigenvalue weighted by atomic mass is 16.2. The lowest BCUT2D eigenvalue weighted by molar-refractivity contribution is -0.153. The number of piperazine rings is 1. The first-order chi connectivity index (χ1) is 16.7. The summed E-state index contributed by atoms with van der Waals surface area (Å²) in [5, 5.41) is 0. The number of hydrogen-bond donors (Lipinski definition) is 0. The van der Waals surface area contributed by atoms with Crippen molar-refractivity contribution in [1.82, 2.24) is 19.8 Å². The molecule has 2 saturated heterocycles. The summed E-state index contributed by atoms with van der Waals surface area (Å²) < 4.78 is 68.0. The van der Waals surface area contributed by atoms with Gasteiger partial charge in [0.05, 0.1) is 0 Å². The van der Waals surface area contributed by atoms with Crippen molar-refractivity contribution >= 4 is 17.8 Å². The highest BCUT2D eigenvalue weighted by Gasteiger charge is 2.44. The fraction of sp³-hybridized carbons (Fsp3) is 0.714. The van der Waals surface area contributed by atoms with E-state index < -0.39 is 43.0 Å². The molecule has 1 saturated carbocycles. The molecule has 0 bridgehead atoms. The lowest BCUT2D eigenvalue weighted by Gasteiger charge is -2.37. The van der Waals surface area contributed by atoms with Crippen LogP contribution in [0.25, 0.3) is 0 Å². The van der Waals surface area contributed by atoms with Crippen LogP contribution >= 0.6 is 0 Å². The van der Waals surface area contributed by atoms with Crippen molar-refractivity contribution in [3.63, 3.8) is 0 Å². The second-order valence-electron chi connectivity index (χ2n) is 7.68. The van der Waals surface area contributed by atoms with Gasteiger partial charge < -0.3 is 4.90 Å². The Balaban J connectivity index is 1.54. The predicted molar refractivity (Wildman–Crippen MR) is 107 cm³/mol. The number of imide groups is 1. The Labute approximate surface area is 178 Å². The van der Waals surface area contributed by atoms with Crippen LogP contribution < -0.4 is 4.90 Å². The highest BCUT2D eigenvalue weighted by molar-refractivity contribution is 5.98. The fourth-order valence-electron chi connectivity index (χ4n) is 4.27. The summed E-state index contributed by atoms with van der Waals surface area (Å²) in [6.45, 7) is -5.84. The Hall–Kier alpha value is -2.02. The van der Waals surface area contributed by atoms with Gasteiger partial charge in [-0.15, -0.1) is 0 Å². The van der Waals surface area contributed by atoms with Crippen LogP contribution in [0.2, 0.25) is 0 Å². The molecule has 0 atom stereocenters. The number of amides is 2. The van der Waals surface area contributed by atoms with E-state index in [0.29, 0.717) is 18.8 Å². The molecule has 3 fully saturated rings. The van der Waals surface area contributed by atoms with Gasteiger partial charge in [-0.2, -0.15) is 0 Å². The molecule has 0 aromatic carbocycles. The topological polar surface area (TPSA) is 69.6 Å². The van der Waals surface area contributed by atoms with Gasteiger partial charge in [-0.1, -0.05) is 12.8 Å². The van der Waals surface area contributed by atoms with Crippen molar-refractivity contribution in [2.24, 2.45) is 5.41 Å². The minimum Gasteiger partial charge on any atom is -0.338 e. The van der Waals surface area contributed by atoms with E-state index in [2.05, 4.69) is 9.97 Å². The van der Waals surface area contributed by atoms with Gasteiger partial charge in [0.1, 0.15) is 0 Å². The van der Waals surface area contributed by atoms with Crippen LogP contribution in [0.15, 0.2) is 18.5 Å². The van der Waals surface area contributed by atoms with Crippen molar-refractivity contribution in [3.8, 4) is 0 Å². The number of hydrogen-bond acceptors (Lipinski definition) is 6. The molecule has 7 nitrogen and oxygen atoms in total. The van der Waals surface area contributed by atoms with Gasteiger partial charge in [0.15, 0.2) is 0 Å². The molecule has 1 aromatic rings. The molecule has 0 radical (unpaired) electrons. The molecular formula is C21H31N5O2. The third-order valence-corrected chi connectivity index (χ3v) is 5.77. The van der Waals surface area contributed by atoms with Crippen LogP contribution in [0.3, 0.4) is 0 Å². The molecule has 2 amide bonds. The number of nitrogens with zero attached hydrogens (tertiary/aromatic N) is 5. The smallest absolute Gasteiger partial charge is 0.229 e. The molecule has 1 aromatic heterocycles. The van der Waals surface area contributed by atoms with Crippen LogP contribution in [-0.4, -0.2) is 70.8 Å². The predicted octanol–water partition coefficient (Wildman–Crippen LogP) is 2.09. The molecule has 0 unspecified atom stereocenters. The van der Waals surface area contributed by atoms with Gasteiger partial charge in [-0.05, 0) is 43.6 Å². The van der Waals surface area contributed by atoms with Gasteiger partial charge in [-0.25, -0.2) is 9.97 Å². The van der Waals surface area contributed by atoms with E-state index in [0.717, 1.165) is 17.7 Å². The Morgan fingerprint density at radius 2 is 1.54 bits per heavy atom. The molecule has 2 aliphatic heterocycles. The standard InChI is InChI=1S/C21H31N5O2/c27-18-16-21(6-1-2-7-21)17-19(28)26(18)11-4-3-10-24-12-14-25(15-13-24)20-22-8-5-9-23-20/h5,8-9H,1-4,6-7,10-17H2/i3D2,4D2,10D2,11D2. The van der Waals surface area contributed by atoms with E-state index in [1.54, 1.807) is 23.4 Å². The number of piperidine rings is 1. The van der Waals surface area contributed by atoms with Crippen LogP contribution in [0.1, 0.15) is 62.2 Å². The SMILES string of the molecule is [2H]C([2H])(N1CCN(c2ncccn2)CC1)C([2H])([2H])C([2H])([2H])C([2H])([2H])N1C(=O)CC2(CCCC2)CC1=O. The minimum atomic E-state index is -3.56. The largest absolute Gasteiger partial charge is 0.338 e. The van der Waals surface area contributed by atoms with Crippen LogP contribution in [-0.2, 0) is 9.59 Å². The van der Waals surface area contributed by atoms with Crippen molar-refractivity contribution in [2.75, 3.05) is 44.1 Å². The summed E-state index contributed by atoms with van der Waals surface area (Å²) in [5.41, 5.74) is -0.538. The summed E-state index contributed by atoms with van der Waals surface area (Å²) in [6, 6.07) is 1.66. The third kappa shape index (κ3) is 4.35. The van der Waals surface area contributed by atoms with E-state index in [9.17, 15) is 9.59 Å². The second-order valence-corrected chi connectivity index (χ2v) is 7.68. The van der Waals surface area contributed by atoms with E-state index in [4.69, 9.17) is 11.0 Å². The molecular weight excluding hydrogens is 354 g/mol. The van der Waals surface area contributed by atoms with Crippen LogP contribution in [0.5, 0.6) is 0 Å². The van der Waals surface area contributed by atoms with Gasteiger partial charge in [0, 0.05) is 68.9 Å². The number of aromatic nitrogens is 2. The number of likely N-dealkylation sites (tertiary alicyclic amines) is 1. The van der Waals surface area contributed by atoms with E-state index >= 15 is 0 Å². The number of anilines is 1. The first-order valence-electron chi connectivity index (χ1n) is 13.8. The first kappa shape index (κ1) is 11.9. The summed E-state index contributed by atoms with van der Waals surface area (Å²) >= 11 is 0. The summed E-state index contributed by atoms with van der Waals surface area (Å²) in [6.07, 6.45) is -1.01. The van der Waals surface area contributed by atoms with Gasteiger partial charge in [0.2, 0.25) is 17.8 Å². The normalized spacial score (nSPS) is 29.3. The lowest BCUT2D eigenvalue weighted by atomic mass is 9.76. The number of carbonyl (C=O) groups excluding carboxylic acids is 2. The minimum absolute atomic E-state index is 0.00788. The monoisotopic (exact) mass is 393 g/mol. The summed E-state index contributed by atoms with van der Waals surface area (Å²) in [4.78, 5) is 37.3. The molecule has 7 heteroatoms. The zero-order valence-electron chi connectivity index (χ0n) is 23.9. The third-order valence-electron chi connectivity index (χ3n) is 5.77. The van der Waals surface area contributed by atoms with E-state index in [1.807, 2.05) is 0 Å². The molecule has 1 spiro atoms. The second kappa shape index (κ2) is 8.55. The molecule has 1 aliphatic carbocycles. The molecule has 3 aliphatic rings. The lowest BCUT2D eigenvalue weighted by Crippen LogP contribution is -2.48. The summed E-state index contributed by atoms with van der Waals surface area (Å²) in [5.74, 6) is -1.32. The first-order valence-corrected chi connectivity index (χ1v) is 9.79. The van der Waals surface area contributed by atoms with Crippen molar-refractivity contribution in [3.05, 3.63) is 18.5 Å². The van der Waals surface area contributed by atoms with Gasteiger partial charge in [0.25, 0.3) is 0 Å². The number of rotatable bonds is 6. The maximum Gasteiger partial charge on any atom is 0.229 e. The fourth-order valence-corrected chi connectivity index (χ4v) is 4.27. The van der Waals surface area contributed by atoms with Crippen molar-refractivity contribution < 1.29 is 20.6 Å². The average molecular weight is 394 g/mol. The maximum absolute atomic E-state index is 13.0. The molecule has 4 rings (SSSR count). The zero-order chi connectivity index (χ0) is 26.6. The molecule has 3 heterocycles. The van der Waals surface area contributed by atoms with Gasteiger partial charge >= 0.3 is 0 Å².